The maximum absolute atomic E-state index is 13.5. The van der Waals surface area contributed by atoms with Crippen molar-refractivity contribution in [2.75, 3.05) is 45.9 Å². The van der Waals surface area contributed by atoms with E-state index in [0.29, 0.717) is 44.0 Å². The number of aliphatic hydroxyl groups is 1. The van der Waals surface area contributed by atoms with Crippen molar-refractivity contribution >= 4 is 33.6 Å². The van der Waals surface area contributed by atoms with Crippen LogP contribution in [-0.2, 0) is 24.3 Å². The number of rotatable bonds is 7. The van der Waals surface area contributed by atoms with Gasteiger partial charge in [-0.25, -0.2) is 13.2 Å². The molecule has 2 heterocycles. The molecule has 0 aromatic heterocycles. The number of benzene rings is 1. The third kappa shape index (κ3) is 5.95. The summed E-state index contributed by atoms with van der Waals surface area (Å²) >= 11 is 5.91. The second kappa shape index (κ2) is 10.8. The Labute approximate surface area is 216 Å². The Balaban J connectivity index is 1.41. The summed E-state index contributed by atoms with van der Waals surface area (Å²) in [5, 5.41) is 13.9. The number of piperazine rings is 1. The molecule has 2 atom stereocenters. The van der Waals surface area contributed by atoms with Crippen LogP contribution >= 0.6 is 11.6 Å². The molecule has 1 aromatic rings. The third-order valence-corrected chi connectivity index (χ3v) is 8.79. The summed E-state index contributed by atoms with van der Waals surface area (Å²) < 4.78 is 39.3. The highest BCUT2D eigenvalue weighted by Crippen LogP contribution is 2.47. The van der Waals surface area contributed by atoms with Gasteiger partial charge in [0, 0.05) is 37.2 Å². The summed E-state index contributed by atoms with van der Waals surface area (Å²) in [6, 6.07) is 4.89. The number of carbonyl (C=O) groups excluding carboxylic acids is 2. The van der Waals surface area contributed by atoms with E-state index in [1.54, 1.807) is 4.90 Å². The summed E-state index contributed by atoms with van der Waals surface area (Å²) in [4.78, 5) is 28.6. The van der Waals surface area contributed by atoms with Gasteiger partial charge in [0.15, 0.2) is 0 Å². The van der Waals surface area contributed by atoms with Crippen molar-refractivity contribution in [3.05, 3.63) is 29.3 Å². The van der Waals surface area contributed by atoms with Crippen molar-refractivity contribution in [1.82, 2.24) is 19.4 Å². The standard InChI is InChI=1S/C23H33ClN4O7S/c1-16(2)25-20(29)13-26-9-11-27(12-10-26)22(31)35-23(7-8-23)19-14-34-15-21(30)28(19)36(32,33)18-5-3-17(24)4-6-18/h3-6,16,19,21,30H,7-15H2,1-2H3,(H,25,29)/t19-,21-/m1/s1. The number of hydrogen-bond acceptors (Lipinski definition) is 8. The maximum atomic E-state index is 13.5. The van der Waals surface area contributed by atoms with Crippen LogP contribution in [-0.4, -0.2) is 109 Å². The smallest absolute Gasteiger partial charge is 0.410 e. The summed E-state index contributed by atoms with van der Waals surface area (Å²) in [5.41, 5.74) is -1.08. The first kappa shape index (κ1) is 27.1. The van der Waals surface area contributed by atoms with Crippen molar-refractivity contribution in [3.63, 3.8) is 0 Å². The first-order valence-corrected chi connectivity index (χ1v) is 13.9. The van der Waals surface area contributed by atoms with Crippen molar-refractivity contribution in [2.45, 2.75) is 55.5 Å². The van der Waals surface area contributed by atoms with Crippen LogP contribution in [0.4, 0.5) is 4.79 Å². The van der Waals surface area contributed by atoms with E-state index in [1.165, 1.54) is 24.3 Å². The van der Waals surface area contributed by atoms with Crippen molar-refractivity contribution < 1.29 is 32.6 Å². The largest absolute Gasteiger partial charge is 0.441 e. The highest BCUT2D eigenvalue weighted by molar-refractivity contribution is 7.89. The number of hydrogen-bond donors (Lipinski definition) is 2. The van der Waals surface area contributed by atoms with Crippen molar-refractivity contribution in [3.8, 4) is 0 Å². The number of ether oxygens (including phenoxy) is 2. The van der Waals surface area contributed by atoms with Gasteiger partial charge >= 0.3 is 6.09 Å². The fourth-order valence-corrected chi connectivity index (χ4v) is 6.42. The number of nitrogens with one attached hydrogen (secondary N) is 1. The summed E-state index contributed by atoms with van der Waals surface area (Å²) in [5.74, 6) is -0.0594. The molecule has 2 amide bonds. The fourth-order valence-electron chi connectivity index (χ4n) is 4.60. The van der Waals surface area contributed by atoms with Gasteiger partial charge in [0.25, 0.3) is 0 Å². The van der Waals surface area contributed by atoms with Crippen molar-refractivity contribution in [2.24, 2.45) is 0 Å². The van der Waals surface area contributed by atoms with Crippen LogP contribution in [0.3, 0.4) is 0 Å². The minimum absolute atomic E-state index is 0.00407. The lowest BCUT2D eigenvalue weighted by atomic mass is 10.1. The molecule has 0 bridgehead atoms. The van der Waals surface area contributed by atoms with Gasteiger partial charge in [-0.15, -0.1) is 0 Å². The summed E-state index contributed by atoms with van der Waals surface area (Å²) in [6.45, 7) is 5.71. The molecule has 11 nitrogen and oxygen atoms in total. The molecule has 4 rings (SSSR count). The Bertz CT molecular complexity index is 1060. The fraction of sp³-hybridized carbons (Fsp3) is 0.652. The zero-order valence-corrected chi connectivity index (χ0v) is 22.0. The Kier molecular flexibility index (Phi) is 8.13. The van der Waals surface area contributed by atoms with E-state index < -0.39 is 34.0 Å². The van der Waals surface area contributed by atoms with E-state index in [9.17, 15) is 23.1 Å². The SMILES string of the molecule is CC(C)NC(=O)CN1CCN(C(=O)OC2([C@H]3COC[C@@H](O)N3S(=O)(=O)c3ccc(Cl)cc3)CC2)CC1. The van der Waals surface area contributed by atoms with E-state index in [4.69, 9.17) is 21.1 Å². The lowest BCUT2D eigenvalue weighted by molar-refractivity contribution is -0.130. The monoisotopic (exact) mass is 544 g/mol. The van der Waals surface area contributed by atoms with Gasteiger partial charge in [-0.2, -0.15) is 4.31 Å². The molecule has 1 aliphatic carbocycles. The molecule has 1 aromatic carbocycles. The van der Waals surface area contributed by atoms with E-state index in [2.05, 4.69) is 5.32 Å². The molecule has 1 saturated carbocycles. The lowest BCUT2D eigenvalue weighted by Crippen LogP contribution is -2.61. The Hall–Kier alpha value is -1.96. The predicted molar refractivity (Wildman–Crippen MR) is 131 cm³/mol. The number of aliphatic hydroxyl groups excluding tert-OH is 1. The molecule has 0 radical (unpaired) electrons. The minimum atomic E-state index is -4.11. The predicted octanol–water partition coefficient (Wildman–Crippen LogP) is 0.859. The van der Waals surface area contributed by atoms with Crippen molar-refractivity contribution in [1.29, 1.82) is 0 Å². The van der Waals surface area contributed by atoms with Crippen LogP contribution < -0.4 is 5.32 Å². The topological polar surface area (TPSA) is 129 Å². The average molecular weight is 545 g/mol. The van der Waals surface area contributed by atoms with Gasteiger partial charge in [0.2, 0.25) is 15.9 Å². The van der Waals surface area contributed by atoms with Gasteiger partial charge in [0.05, 0.1) is 30.7 Å². The summed E-state index contributed by atoms with van der Waals surface area (Å²) in [6.07, 6.45) is -1.04. The quantitative estimate of drug-likeness (QED) is 0.517. The second-order valence-corrected chi connectivity index (χ2v) is 12.0. The lowest BCUT2D eigenvalue weighted by Gasteiger charge is -2.42. The molecule has 2 saturated heterocycles. The van der Waals surface area contributed by atoms with Crippen LogP contribution in [0.5, 0.6) is 0 Å². The first-order chi connectivity index (χ1) is 17.0. The highest BCUT2D eigenvalue weighted by atomic mass is 35.5. The van der Waals surface area contributed by atoms with Gasteiger partial charge < -0.3 is 24.8 Å². The number of morpholine rings is 1. The van der Waals surface area contributed by atoms with Gasteiger partial charge in [-0.05, 0) is 51.0 Å². The molecule has 36 heavy (non-hydrogen) atoms. The zero-order chi connectivity index (χ0) is 26.1. The van der Waals surface area contributed by atoms with Crippen LogP contribution in [0.1, 0.15) is 26.7 Å². The molecule has 2 N–H and O–H groups in total. The maximum Gasteiger partial charge on any atom is 0.410 e. The molecular formula is C23H33ClN4O7S. The van der Waals surface area contributed by atoms with E-state index in [0.717, 1.165) is 4.31 Å². The minimum Gasteiger partial charge on any atom is -0.441 e. The first-order valence-electron chi connectivity index (χ1n) is 12.1. The third-order valence-electron chi connectivity index (χ3n) is 6.62. The molecule has 2 aliphatic heterocycles. The van der Waals surface area contributed by atoms with E-state index in [1.807, 2.05) is 18.7 Å². The number of amides is 2. The normalized spacial score (nSPS) is 25.0. The summed E-state index contributed by atoms with van der Waals surface area (Å²) in [7, 11) is -4.11. The van der Waals surface area contributed by atoms with E-state index >= 15 is 0 Å². The molecule has 0 spiro atoms. The Morgan fingerprint density at radius 2 is 1.81 bits per heavy atom. The Morgan fingerprint density at radius 3 is 2.39 bits per heavy atom. The molecule has 200 valence electrons. The van der Waals surface area contributed by atoms with Crippen LogP contribution in [0.15, 0.2) is 29.2 Å². The van der Waals surface area contributed by atoms with Gasteiger partial charge in [-0.1, -0.05) is 11.6 Å². The number of nitrogens with zero attached hydrogens (tertiary/aromatic N) is 3. The molecule has 3 aliphatic rings. The molecule has 13 heteroatoms. The highest BCUT2D eigenvalue weighted by Gasteiger charge is 2.60. The van der Waals surface area contributed by atoms with Crippen LogP contribution in [0, 0.1) is 0 Å². The van der Waals surface area contributed by atoms with Gasteiger partial charge in [-0.3, -0.25) is 9.69 Å². The number of sulfonamides is 1. The number of halogens is 1. The molecular weight excluding hydrogens is 512 g/mol. The number of carbonyl (C=O) groups is 2. The molecule has 3 fully saturated rings. The zero-order valence-electron chi connectivity index (χ0n) is 20.4. The van der Waals surface area contributed by atoms with E-state index in [-0.39, 0.29) is 36.6 Å². The Morgan fingerprint density at radius 1 is 1.17 bits per heavy atom. The van der Waals surface area contributed by atoms with Gasteiger partial charge in [0.1, 0.15) is 11.8 Å². The van der Waals surface area contributed by atoms with Crippen LogP contribution in [0.25, 0.3) is 0 Å². The second-order valence-electron chi connectivity index (χ2n) is 9.74. The average Bonchev–Trinajstić information content (AvgIpc) is 3.59. The molecule has 0 unspecified atom stereocenters. The van der Waals surface area contributed by atoms with Crippen LogP contribution in [0.2, 0.25) is 5.02 Å².